The Hall–Kier alpha value is -0.970. The second-order valence-electron chi connectivity index (χ2n) is 4.47. The van der Waals surface area contributed by atoms with Crippen molar-refractivity contribution in [2.75, 3.05) is 19.3 Å². The molecule has 0 N–H and O–H groups in total. The molecule has 0 fully saturated rings. The van der Waals surface area contributed by atoms with Gasteiger partial charge in [0, 0.05) is 34.8 Å². The van der Waals surface area contributed by atoms with Crippen molar-refractivity contribution in [1.29, 1.82) is 0 Å². The number of nitrogens with zero attached hydrogens (tertiary/aromatic N) is 2. The summed E-state index contributed by atoms with van der Waals surface area (Å²) < 4.78 is 5.06. The molecule has 3 nitrogen and oxygen atoms in total. The molecule has 19 heavy (non-hydrogen) atoms. The fourth-order valence-electron chi connectivity index (χ4n) is 1.70. The maximum atomic E-state index is 5.86. The minimum absolute atomic E-state index is 0.780. The molecule has 1 aromatic heterocycles. The van der Waals surface area contributed by atoms with Crippen molar-refractivity contribution in [3.63, 3.8) is 0 Å². The van der Waals surface area contributed by atoms with Gasteiger partial charge in [-0.25, -0.2) is 0 Å². The Morgan fingerprint density at radius 3 is 2.68 bits per heavy atom. The van der Waals surface area contributed by atoms with Gasteiger partial charge in [0.15, 0.2) is 0 Å². The van der Waals surface area contributed by atoms with Crippen molar-refractivity contribution >= 4 is 23.4 Å². The van der Waals surface area contributed by atoms with Crippen LogP contribution in [0.3, 0.4) is 0 Å². The summed E-state index contributed by atoms with van der Waals surface area (Å²) in [6, 6.07) is 9.92. The van der Waals surface area contributed by atoms with Crippen LogP contribution in [0.2, 0.25) is 5.02 Å². The largest absolute Gasteiger partial charge is 0.361 e. The van der Waals surface area contributed by atoms with Gasteiger partial charge in [0.25, 0.3) is 0 Å². The summed E-state index contributed by atoms with van der Waals surface area (Å²) in [7, 11) is 2.09. The third kappa shape index (κ3) is 4.90. The van der Waals surface area contributed by atoms with Gasteiger partial charge in [0.05, 0.1) is 5.69 Å². The molecule has 0 aliphatic heterocycles. The Morgan fingerprint density at radius 1 is 1.32 bits per heavy atom. The van der Waals surface area contributed by atoms with Gasteiger partial charge in [0.1, 0.15) is 5.76 Å². The van der Waals surface area contributed by atoms with E-state index in [1.807, 2.05) is 49.0 Å². The average molecular weight is 297 g/mol. The molecule has 0 unspecified atom stereocenters. The summed E-state index contributed by atoms with van der Waals surface area (Å²) in [5.74, 6) is 1.90. The monoisotopic (exact) mass is 296 g/mol. The highest BCUT2D eigenvalue weighted by molar-refractivity contribution is 7.99. The SMILES string of the molecule is Cc1cc(CN(C)CCSc2ccc(Cl)cc2)no1. The van der Waals surface area contributed by atoms with Crippen molar-refractivity contribution < 1.29 is 4.52 Å². The summed E-state index contributed by atoms with van der Waals surface area (Å²) in [6.07, 6.45) is 0. The number of halogens is 1. The topological polar surface area (TPSA) is 29.3 Å². The first-order valence-corrected chi connectivity index (χ1v) is 7.49. The molecule has 0 saturated carbocycles. The van der Waals surface area contributed by atoms with Gasteiger partial charge in [-0.2, -0.15) is 0 Å². The van der Waals surface area contributed by atoms with Gasteiger partial charge in [-0.05, 0) is 38.2 Å². The first kappa shape index (κ1) is 14.4. The zero-order chi connectivity index (χ0) is 13.7. The van der Waals surface area contributed by atoms with Crippen LogP contribution in [-0.2, 0) is 6.54 Å². The van der Waals surface area contributed by atoms with E-state index in [0.29, 0.717) is 0 Å². The molecular weight excluding hydrogens is 280 g/mol. The normalized spacial score (nSPS) is 11.2. The zero-order valence-electron chi connectivity index (χ0n) is 11.1. The number of rotatable bonds is 6. The highest BCUT2D eigenvalue weighted by atomic mass is 35.5. The fraction of sp³-hybridized carbons (Fsp3) is 0.357. The van der Waals surface area contributed by atoms with Gasteiger partial charge in [-0.15, -0.1) is 11.8 Å². The summed E-state index contributed by atoms with van der Waals surface area (Å²) in [4.78, 5) is 3.48. The maximum Gasteiger partial charge on any atom is 0.133 e. The van der Waals surface area contributed by atoms with Crippen molar-refractivity contribution in [2.24, 2.45) is 0 Å². The van der Waals surface area contributed by atoms with Crippen LogP contribution in [-0.4, -0.2) is 29.4 Å². The van der Waals surface area contributed by atoms with E-state index in [0.717, 1.165) is 35.3 Å². The molecule has 2 aromatic rings. The molecule has 0 radical (unpaired) electrons. The van der Waals surface area contributed by atoms with E-state index in [4.69, 9.17) is 16.1 Å². The van der Waals surface area contributed by atoms with Crippen LogP contribution in [0.15, 0.2) is 39.8 Å². The van der Waals surface area contributed by atoms with Crippen molar-refractivity contribution in [2.45, 2.75) is 18.4 Å². The van der Waals surface area contributed by atoms with Crippen molar-refractivity contribution in [3.05, 3.63) is 46.8 Å². The van der Waals surface area contributed by atoms with Crippen LogP contribution in [0.25, 0.3) is 0 Å². The maximum absolute atomic E-state index is 5.86. The van der Waals surface area contributed by atoms with Gasteiger partial charge in [-0.3, -0.25) is 4.90 Å². The summed E-state index contributed by atoms with van der Waals surface area (Å²) in [5.41, 5.74) is 0.983. The summed E-state index contributed by atoms with van der Waals surface area (Å²) >= 11 is 7.68. The number of hydrogen-bond donors (Lipinski definition) is 0. The first-order chi connectivity index (χ1) is 9.13. The molecule has 2 rings (SSSR count). The molecule has 0 saturated heterocycles. The van der Waals surface area contributed by atoms with E-state index in [2.05, 4.69) is 17.1 Å². The van der Waals surface area contributed by atoms with E-state index >= 15 is 0 Å². The molecule has 0 amide bonds. The van der Waals surface area contributed by atoms with Crippen LogP contribution in [0.5, 0.6) is 0 Å². The Labute approximate surface area is 122 Å². The lowest BCUT2D eigenvalue weighted by atomic mass is 10.3. The molecule has 1 aromatic carbocycles. The molecule has 0 bridgehead atoms. The Kier molecular flexibility index (Phi) is 5.31. The molecule has 0 aliphatic rings. The van der Waals surface area contributed by atoms with E-state index in [1.54, 1.807) is 0 Å². The minimum atomic E-state index is 0.780. The van der Waals surface area contributed by atoms with E-state index < -0.39 is 0 Å². The number of hydrogen-bond acceptors (Lipinski definition) is 4. The van der Waals surface area contributed by atoms with Crippen LogP contribution >= 0.6 is 23.4 Å². The second kappa shape index (κ2) is 6.98. The Balaban J connectivity index is 1.71. The molecule has 0 spiro atoms. The lowest BCUT2D eigenvalue weighted by Crippen LogP contribution is -2.20. The predicted octanol–water partition coefficient (Wildman–Crippen LogP) is 3.86. The molecule has 0 atom stereocenters. The van der Waals surface area contributed by atoms with Gasteiger partial charge >= 0.3 is 0 Å². The Bertz CT molecular complexity index is 512. The van der Waals surface area contributed by atoms with Crippen molar-refractivity contribution in [3.8, 4) is 0 Å². The van der Waals surface area contributed by atoms with Gasteiger partial charge in [0.2, 0.25) is 0 Å². The quantitative estimate of drug-likeness (QED) is 0.757. The third-order valence-electron chi connectivity index (χ3n) is 2.66. The molecule has 0 aliphatic carbocycles. The smallest absolute Gasteiger partial charge is 0.133 e. The molecule has 1 heterocycles. The molecule has 102 valence electrons. The van der Waals surface area contributed by atoms with Crippen LogP contribution in [0, 0.1) is 6.92 Å². The summed E-state index contributed by atoms with van der Waals surface area (Å²) in [5, 5.41) is 4.77. The number of aromatic nitrogens is 1. The predicted molar refractivity (Wildman–Crippen MR) is 79.8 cm³/mol. The fourth-order valence-corrected chi connectivity index (χ4v) is 2.79. The third-order valence-corrected chi connectivity index (χ3v) is 3.91. The second-order valence-corrected chi connectivity index (χ2v) is 6.07. The number of benzene rings is 1. The van der Waals surface area contributed by atoms with E-state index in [9.17, 15) is 0 Å². The molecule has 5 heteroatoms. The molecular formula is C14H17ClN2OS. The van der Waals surface area contributed by atoms with Gasteiger partial charge < -0.3 is 4.52 Å². The first-order valence-electron chi connectivity index (χ1n) is 6.12. The lowest BCUT2D eigenvalue weighted by molar-refractivity contribution is 0.325. The highest BCUT2D eigenvalue weighted by Gasteiger charge is 2.05. The van der Waals surface area contributed by atoms with Crippen LogP contribution in [0.4, 0.5) is 0 Å². The standard InChI is InChI=1S/C14H17ClN2OS/c1-11-9-13(16-18-11)10-17(2)7-8-19-14-5-3-12(15)4-6-14/h3-6,9H,7-8,10H2,1-2H3. The Morgan fingerprint density at radius 2 is 2.05 bits per heavy atom. The highest BCUT2D eigenvalue weighted by Crippen LogP contribution is 2.20. The van der Waals surface area contributed by atoms with E-state index in [1.165, 1.54) is 4.90 Å². The van der Waals surface area contributed by atoms with Crippen molar-refractivity contribution in [1.82, 2.24) is 10.1 Å². The lowest BCUT2D eigenvalue weighted by Gasteiger charge is -2.14. The van der Waals surface area contributed by atoms with Gasteiger partial charge in [-0.1, -0.05) is 16.8 Å². The number of aryl methyl sites for hydroxylation is 1. The average Bonchev–Trinajstić information content (AvgIpc) is 2.77. The minimum Gasteiger partial charge on any atom is -0.361 e. The summed E-state index contributed by atoms with van der Waals surface area (Å²) in [6.45, 7) is 3.73. The van der Waals surface area contributed by atoms with E-state index in [-0.39, 0.29) is 0 Å². The zero-order valence-corrected chi connectivity index (χ0v) is 12.7. The number of thioether (sulfide) groups is 1. The van der Waals surface area contributed by atoms with Crippen LogP contribution < -0.4 is 0 Å². The van der Waals surface area contributed by atoms with Crippen LogP contribution in [0.1, 0.15) is 11.5 Å².